The second-order valence-corrected chi connectivity index (χ2v) is 7.97. The first kappa shape index (κ1) is 28.3. The number of carbonyl (C=O) groups is 1. The fraction of sp³-hybridized carbons (Fsp3) is 0.115. The van der Waals surface area contributed by atoms with Crippen LogP contribution in [0.25, 0.3) is 5.69 Å². The molecule has 198 valence electrons. The van der Waals surface area contributed by atoms with E-state index >= 15 is 0 Å². The molecule has 2 aromatic heterocycles. The van der Waals surface area contributed by atoms with Crippen LogP contribution in [-0.4, -0.2) is 39.8 Å². The maximum Gasteiger partial charge on any atom is 0.267 e. The van der Waals surface area contributed by atoms with Crippen LogP contribution in [0.4, 0.5) is 20.2 Å². The molecule has 0 aliphatic rings. The molecule has 38 heavy (non-hydrogen) atoms. The van der Waals surface area contributed by atoms with Crippen molar-refractivity contribution in [3.63, 3.8) is 0 Å². The van der Waals surface area contributed by atoms with Gasteiger partial charge >= 0.3 is 0 Å². The summed E-state index contributed by atoms with van der Waals surface area (Å²) in [4.78, 5) is 29.6. The van der Waals surface area contributed by atoms with Gasteiger partial charge in [-0.05, 0) is 48.5 Å². The molecule has 1 atom stereocenters. The van der Waals surface area contributed by atoms with Gasteiger partial charge in [0, 0.05) is 48.5 Å². The van der Waals surface area contributed by atoms with Crippen molar-refractivity contribution >= 4 is 29.7 Å². The minimum absolute atomic E-state index is 0. The van der Waals surface area contributed by atoms with Crippen molar-refractivity contribution < 1.29 is 23.4 Å². The van der Waals surface area contributed by atoms with E-state index in [1.54, 1.807) is 0 Å². The quantitative estimate of drug-likeness (QED) is 0.253. The SMILES string of the molecule is Cl.NC(CO)CNc1cnccc1Oc1ccc(NC(=O)c2cccn(-c3ccc(F)cc3)c2=O)cc1F. The van der Waals surface area contributed by atoms with Crippen LogP contribution < -0.4 is 26.7 Å². The molecule has 0 aliphatic carbocycles. The molecule has 0 saturated carbocycles. The Kier molecular flexibility index (Phi) is 9.49. The Balaban J connectivity index is 0.00000400. The van der Waals surface area contributed by atoms with Gasteiger partial charge in [0.25, 0.3) is 11.5 Å². The number of halogens is 3. The van der Waals surface area contributed by atoms with Crippen molar-refractivity contribution in [2.45, 2.75) is 6.04 Å². The number of anilines is 2. The van der Waals surface area contributed by atoms with Crippen LogP contribution in [0.5, 0.6) is 11.5 Å². The molecule has 2 aromatic carbocycles. The second-order valence-electron chi connectivity index (χ2n) is 7.97. The van der Waals surface area contributed by atoms with Gasteiger partial charge in [0.05, 0.1) is 18.5 Å². The largest absolute Gasteiger partial charge is 0.452 e. The molecule has 4 aromatic rings. The lowest BCUT2D eigenvalue weighted by atomic mass is 10.2. The Labute approximate surface area is 222 Å². The maximum absolute atomic E-state index is 14.8. The number of benzene rings is 2. The molecule has 9 nitrogen and oxygen atoms in total. The summed E-state index contributed by atoms with van der Waals surface area (Å²) < 4.78 is 34.9. The summed E-state index contributed by atoms with van der Waals surface area (Å²) in [6, 6.07) is 12.9. The third-order valence-electron chi connectivity index (χ3n) is 5.28. The summed E-state index contributed by atoms with van der Waals surface area (Å²) in [6.45, 7) is 0.0304. The van der Waals surface area contributed by atoms with Gasteiger partial charge in [0.15, 0.2) is 17.3 Å². The van der Waals surface area contributed by atoms with Gasteiger partial charge in [-0.25, -0.2) is 8.78 Å². The third kappa shape index (κ3) is 6.71. The summed E-state index contributed by atoms with van der Waals surface area (Å²) in [7, 11) is 0. The van der Waals surface area contributed by atoms with E-state index in [1.807, 2.05) is 0 Å². The predicted octanol–water partition coefficient (Wildman–Crippen LogP) is 3.71. The summed E-state index contributed by atoms with van der Waals surface area (Å²) >= 11 is 0. The zero-order valence-corrected chi connectivity index (χ0v) is 20.6. The molecule has 4 rings (SSSR count). The smallest absolute Gasteiger partial charge is 0.267 e. The Morgan fingerprint density at radius 1 is 1.11 bits per heavy atom. The third-order valence-corrected chi connectivity index (χ3v) is 5.28. The van der Waals surface area contributed by atoms with Gasteiger partial charge in [-0.2, -0.15) is 0 Å². The van der Waals surface area contributed by atoms with E-state index in [0.29, 0.717) is 11.4 Å². The standard InChI is InChI=1S/C26H23F2N5O4.ClH/c27-16-3-6-19(7-4-16)33-11-1-2-20(26(33)36)25(35)32-18-5-8-23(21(28)12-18)37-24-9-10-30-14-22(24)31-13-17(29)15-34;/h1-12,14,17,31,34H,13,15,29H2,(H,32,35);1H. The van der Waals surface area contributed by atoms with Crippen LogP contribution in [-0.2, 0) is 0 Å². The fourth-order valence-electron chi connectivity index (χ4n) is 3.36. The van der Waals surface area contributed by atoms with Crippen molar-refractivity contribution in [2.75, 3.05) is 23.8 Å². The van der Waals surface area contributed by atoms with Gasteiger partial charge < -0.3 is 26.2 Å². The summed E-state index contributed by atoms with van der Waals surface area (Å²) in [6.07, 6.45) is 4.40. The molecular formula is C26H24ClF2N5O4. The minimum atomic E-state index is -0.760. The number of amides is 1. The first-order chi connectivity index (χ1) is 17.9. The number of hydrogen-bond donors (Lipinski definition) is 4. The summed E-state index contributed by atoms with van der Waals surface area (Å²) in [5.74, 6) is -1.79. The molecule has 0 aliphatic heterocycles. The Morgan fingerprint density at radius 2 is 1.87 bits per heavy atom. The Bertz CT molecular complexity index is 1470. The van der Waals surface area contributed by atoms with E-state index in [2.05, 4.69) is 15.6 Å². The maximum atomic E-state index is 14.8. The van der Waals surface area contributed by atoms with Crippen LogP contribution in [0, 0.1) is 11.6 Å². The molecule has 2 heterocycles. The van der Waals surface area contributed by atoms with E-state index in [9.17, 15) is 18.4 Å². The van der Waals surface area contributed by atoms with E-state index in [0.717, 1.165) is 6.07 Å². The van der Waals surface area contributed by atoms with Gasteiger partial charge in [-0.3, -0.25) is 19.1 Å². The number of hydrogen-bond acceptors (Lipinski definition) is 7. The van der Waals surface area contributed by atoms with Crippen LogP contribution >= 0.6 is 12.4 Å². The van der Waals surface area contributed by atoms with Gasteiger partial charge in [-0.15, -0.1) is 12.4 Å². The number of pyridine rings is 2. The van der Waals surface area contributed by atoms with Gasteiger partial charge in [-0.1, -0.05) is 0 Å². The molecule has 1 amide bonds. The van der Waals surface area contributed by atoms with Crippen molar-refractivity contribution in [3.8, 4) is 17.2 Å². The minimum Gasteiger partial charge on any atom is -0.452 e. The highest BCUT2D eigenvalue weighted by atomic mass is 35.5. The van der Waals surface area contributed by atoms with Crippen LogP contribution in [0.3, 0.4) is 0 Å². The number of carbonyl (C=O) groups excluding carboxylic acids is 1. The highest BCUT2D eigenvalue weighted by Gasteiger charge is 2.16. The van der Waals surface area contributed by atoms with Gasteiger partial charge in [0.2, 0.25) is 0 Å². The highest BCUT2D eigenvalue weighted by Crippen LogP contribution is 2.31. The number of nitrogens with zero attached hydrogens (tertiary/aromatic N) is 2. The predicted molar refractivity (Wildman–Crippen MR) is 141 cm³/mol. The lowest BCUT2D eigenvalue weighted by molar-refractivity contribution is 0.102. The molecule has 0 bridgehead atoms. The molecule has 1 unspecified atom stereocenters. The van der Waals surface area contributed by atoms with Crippen LogP contribution in [0.15, 0.2) is 84.0 Å². The van der Waals surface area contributed by atoms with Gasteiger partial charge in [0.1, 0.15) is 11.4 Å². The van der Waals surface area contributed by atoms with Crippen molar-refractivity contribution in [1.82, 2.24) is 9.55 Å². The molecule has 0 fully saturated rings. The monoisotopic (exact) mass is 543 g/mol. The number of nitrogens with two attached hydrogens (primary N) is 1. The van der Waals surface area contributed by atoms with Crippen molar-refractivity contribution in [2.24, 2.45) is 5.73 Å². The zero-order chi connectivity index (χ0) is 26.4. The first-order valence-corrected chi connectivity index (χ1v) is 11.2. The lowest BCUT2D eigenvalue weighted by Gasteiger charge is -2.15. The van der Waals surface area contributed by atoms with Crippen molar-refractivity contribution in [3.05, 3.63) is 107 Å². The Morgan fingerprint density at radius 3 is 2.58 bits per heavy atom. The number of aliphatic hydroxyl groups is 1. The fourth-order valence-corrected chi connectivity index (χ4v) is 3.36. The summed E-state index contributed by atoms with van der Waals surface area (Å²) in [5.41, 5.74) is 5.84. The normalized spacial score (nSPS) is 11.3. The molecule has 0 spiro atoms. The first-order valence-electron chi connectivity index (χ1n) is 11.2. The lowest BCUT2D eigenvalue weighted by Crippen LogP contribution is -2.32. The number of aromatic nitrogens is 2. The average molecular weight is 544 g/mol. The zero-order valence-electron chi connectivity index (χ0n) is 19.8. The van der Waals surface area contributed by atoms with E-state index in [1.165, 1.54) is 77.8 Å². The number of aliphatic hydroxyl groups excluding tert-OH is 1. The van der Waals surface area contributed by atoms with Crippen molar-refractivity contribution in [1.29, 1.82) is 0 Å². The number of ether oxygens (including phenoxy) is 1. The Hall–Kier alpha value is -4.32. The second kappa shape index (κ2) is 12.8. The molecule has 12 heteroatoms. The summed E-state index contributed by atoms with van der Waals surface area (Å²) in [5, 5.41) is 14.6. The van der Waals surface area contributed by atoms with Crippen LogP contribution in [0.2, 0.25) is 0 Å². The number of nitrogens with one attached hydrogen (secondary N) is 2. The average Bonchev–Trinajstić information content (AvgIpc) is 2.90. The molecule has 0 saturated heterocycles. The van der Waals surface area contributed by atoms with E-state index in [-0.39, 0.29) is 48.3 Å². The molecule has 5 N–H and O–H groups in total. The topological polar surface area (TPSA) is 132 Å². The number of rotatable bonds is 9. The molecular weight excluding hydrogens is 520 g/mol. The highest BCUT2D eigenvalue weighted by molar-refractivity contribution is 6.04. The van der Waals surface area contributed by atoms with E-state index in [4.69, 9.17) is 15.6 Å². The molecule has 0 radical (unpaired) electrons. The van der Waals surface area contributed by atoms with E-state index < -0.39 is 29.1 Å². The van der Waals surface area contributed by atoms with Crippen LogP contribution in [0.1, 0.15) is 10.4 Å².